The van der Waals surface area contributed by atoms with Crippen LogP contribution in [0.2, 0.25) is 0 Å². The van der Waals surface area contributed by atoms with Crippen LogP contribution >= 0.6 is 0 Å². The van der Waals surface area contributed by atoms with Crippen molar-refractivity contribution in [3.63, 3.8) is 0 Å². The van der Waals surface area contributed by atoms with Crippen molar-refractivity contribution in [3.8, 4) is 11.5 Å². The van der Waals surface area contributed by atoms with Crippen LogP contribution in [-0.4, -0.2) is 30.1 Å². The van der Waals surface area contributed by atoms with E-state index >= 15 is 0 Å². The van der Waals surface area contributed by atoms with Gasteiger partial charge in [0, 0.05) is 18.8 Å². The fraction of sp³-hybridized carbons (Fsp3) is 0.250. The van der Waals surface area contributed by atoms with Crippen molar-refractivity contribution < 1.29 is 14.3 Å². The van der Waals surface area contributed by atoms with Gasteiger partial charge in [0.1, 0.15) is 11.5 Å². The molecule has 0 saturated heterocycles. The normalized spacial score (nSPS) is 12.7. The number of rotatable bonds is 3. The van der Waals surface area contributed by atoms with Crippen LogP contribution in [0.5, 0.6) is 11.5 Å². The number of methoxy groups -OCH3 is 2. The highest BCUT2D eigenvalue weighted by Crippen LogP contribution is 2.30. The van der Waals surface area contributed by atoms with E-state index in [1.54, 1.807) is 43.5 Å². The maximum absolute atomic E-state index is 12.4. The van der Waals surface area contributed by atoms with Crippen molar-refractivity contribution in [2.24, 2.45) is 0 Å². The van der Waals surface area contributed by atoms with Gasteiger partial charge >= 0.3 is 6.03 Å². The summed E-state index contributed by atoms with van der Waals surface area (Å²) >= 11 is 0. The van der Waals surface area contributed by atoms with E-state index in [-0.39, 0.29) is 6.03 Å². The van der Waals surface area contributed by atoms with Gasteiger partial charge in [-0.25, -0.2) is 4.79 Å². The molecule has 0 bridgehead atoms. The van der Waals surface area contributed by atoms with E-state index in [4.69, 9.17) is 9.47 Å². The standard InChI is InChI=1S/C16H17N3O3/c1-21-12-5-6-13(15(8-12)22-2)18-16(20)19-9-11-4-3-7-17-14(11)10-19/h3-8H,9-10H2,1-2H3,(H,18,20). The fourth-order valence-corrected chi connectivity index (χ4v) is 2.44. The number of hydrogen-bond donors (Lipinski definition) is 1. The first-order chi connectivity index (χ1) is 10.7. The molecule has 0 aliphatic carbocycles. The molecule has 22 heavy (non-hydrogen) atoms. The van der Waals surface area contributed by atoms with E-state index in [1.165, 1.54) is 0 Å². The zero-order valence-corrected chi connectivity index (χ0v) is 12.5. The molecule has 3 rings (SSSR count). The van der Waals surface area contributed by atoms with Gasteiger partial charge in [-0.2, -0.15) is 0 Å². The Morgan fingerprint density at radius 3 is 2.82 bits per heavy atom. The third-order valence-electron chi connectivity index (χ3n) is 3.62. The van der Waals surface area contributed by atoms with Crippen molar-refractivity contribution in [2.75, 3.05) is 19.5 Å². The molecule has 1 aromatic carbocycles. The summed E-state index contributed by atoms with van der Waals surface area (Å²) in [6.45, 7) is 1.08. The summed E-state index contributed by atoms with van der Waals surface area (Å²) < 4.78 is 10.4. The Bertz CT molecular complexity index is 678. The summed E-state index contributed by atoms with van der Waals surface area (Å²) in [6, 6.07) is 8.96. The topological polar surface area (TPSA) is 63.7 Å². The van der Waals surface area contributed by atoms with Crippen molar-refractivity contribution in [1.29, 1.82) is 0 Å². The number of fused-ring (bicyclic) bond motifs is 1. The van der Waals surface area contributed by atoms with Gasteiger partial charge in [-0.15, -0.1) is 0 Å². The number of ether oxygens (including phenoxy) is 2. The lowest BCUT2D eigenvalue weighted by Gasteiger charge is -2.18. The first kappa shape index (κ1) is 14.2. The molecular weight excluding hydrogens is 282 g/mol. The highest BCUT2D eigenvalue weighted by atomic mass is 16.5. The number of benzene rings is 1. The van der Waals surface area contributed by atoms with Crippen LogP contribution in [0.3, 0.4) is 0 Å². The summed E-state index contributed by atoms with van der Waals surface area (Å²) in [5.41, 5.74) is 2.64. The van der Waals surface area contributed by atoms with Crippen molar-refractivity contribution in [1.82, 2.24) is 9.88 Å². The van der Waals surface area contributed by atoms with Gasteiger partial charge in [-0.3, -0.25) is 4.98 Å². The molecule has 1 N–H and O–H groups in total. The fourth-order valence-electron chi connectivity index (χ4n) is 2.44. The second kappa shape index (κ2) is 5.93. The monoisotopic (exact) mass is 299 g/mol. The average Bonchev–Trinajstić information content (AvgIpc) is 2.99. The van der Waals surface area contributed by atoms with Crippen molar-refractivity contribution in [3.05, 3.63) is 47.8 Å². The highest BCUT2D eigenvalue weighted by molar-refractivity contribution is 5.91. The predicted molar refractivity (Wildman–Crippen MR) is 82.0 cm³/mol. The predicted octanol–water partition coefficient (Wildman–Crippen LogP) is 2.65. The summed E-state index contributed by atoms with van der Waals surface area (Å²) in [6.07, 6.45) is 1.74. The molecule has 0 saturated carbocycles. The molecule has 114 valence electrons. The molecule has 6 heteroatoms. The summed E-state index contributed by atoms with van der Waals surface area (Å²) in [4.78, 5) is 18.4. The molecule has 1 aliphatic rings. The molecular formula is C16H17N3O3. The van der Waals surface area contributed by atoms with E-state index in [0.29, 0.717) is 30.3 Å². The third-order valence-corrected chi connectivity index (χ3v) is 3.62. The number of anilines is 1. The highest BCUT2D eigenvalue weighted by Gasteiger charge is 2.24. The maximum Gasteiger partial charge on any atom is 0.322 e. The Kier molecular flexibility index (Phi) is 3.82. The van der Waals surface area contributed by atoms with Crippen LogP contribution in [0.15, 0.2) is 36.5 Å². The van der Waals surface area contributed by atoms with Crippen LogP contribution in [0.25, 0.3) is 0 Å². The van der Waals surface area contributed by atoms with E-state index < -0.39 is 0 Å². The number of amides is 2. The van der Waals surface area contributed by atoms with Crippen LogP contribution in [0.4, 0.5) is 10.5 Å². The molecule has 0 unspecified atom stereocenters. The number of hydrogen-bond acceptors (Lipinski definition) is 4. The Morgan fingerprint density at radius 2 is 2.09 bits per heavy atom. The van der Waals surface area contributed by atoms with Gasteiger partial charge < -0.3 is 19.7 Å². The Labute approximate surface area is 128 Å². The van der Waals surface area contributed by atoms with Gasteiger partial charge in [0.15, 0.2) is 0 Å². The molecule has 1 aliphatic heterocycles. The SMILES string of the molecule is COc1ccc(NC(=O)N2Cc3cccnc3C2)c(OC)c1. The van der Waals surface area contributed by atoms with Crippen molar-refractivity contribution in [2.45, 2.75) is 13.1 Å². The van der Waals surface area contributed by atoms with Crippen LogP contribution in [0.1, 0.15) is 11.3 Å². The number of carbonyl (C=O) groups excluding carboxylic acids is 1. The Morgan fingerprint density at radius 1 is 1.23 bits per heavy atom. The molecule has 0 atom stereocenters. The smallest absolute Gasteiger partial charge is 0.322 e. The number of carbonyl (C=O) groups is 1. The van der Waals surface area contributed by atoms with E-state index in [0.717, 1.165) is 11.3 Å². The Balaban J connectivity index is 1.73. The first-order valence-corrected chi connectivity index (χ1v) is 6.92. The molecule has 2 aromatic rings. The maximum atomic E-state index is 12.4. The van der Waals surface area contributed by atoms with Gasteiger partial charge in [-0.05, 0) is 23.8 Å². The van der Waals surface area contributed by atoms with Gasteiger partial charge in [0.05, 0.1) is 32.1 Å². The minimum Gasteiger partial charge on any atom is -0.497 e. The zero-order valence-electron chi connectivity index (χ0n) is 12.5. The van der Waals surface area contributed by atoms with Crippen LogP contribution < -0.4 is 14.8 Å². The quantitative estimate of drug-likeness (QED) is 0.946. The summed E-state index contributed by atoms with van der Waals surface area (Å²) in [5, 5.41) is 2.87. The van der Waals surface area contributed by atoms with Gasteiger partial charge in [0.2, 0.25) is 0 Å². The first-order valence-electron chi connectivity index (χ1n) is 6.92. The third kappa shape index (κ3) is 2.67. The lowest BCUT2D eigenvalue weighted by Crippen LogP contribution is -2.30. The molecule has 2 amide bonds. The second-order valence-electron chi connectivity index (χ2n) is 4.96. The number of urea groups is 1. The lowest BCUT2D eigenvalue weighted by atomic mass is 10.2. The van der Waals surface area contributed by atoms with Crippen molar-refractivity contribution >= 4 is 11.7 Å². The molecule has 6 nitrogen and oxygen atoms in total. The molecule has 1 aromatic heterocycles. The van der Waals surface area contributed by atoms with E-state index in [1.807, 2.05) is 12.1 Å². The number of nitrogens with zero attached hydrogens (tertiary/aromatic N) is 2. The number of aromatic nitrogens is 1. The minimum atomic E-state index is -0.179. The minimum absolute atomic E-state index is 0.179. The Hall–Kier alpha value is -2.76. The van der Waals surface area contributed by atoms with E-state index in [9.17, 15) is 4.79 Å². The second-order valence-corrected chi connectivity index (χ2v) is 4.96. The number of nitrogens with one attached hydrogen (secondary N) is 1. The summed E-state index contributed by atoms with van der Waals surface area (Å²) in [7, 11) is 3.14. The van der Waals surface area contributed by atoms with Crippen LogP contribution in [-0.2, 0) is 13.1 Å². The van der Waals surface area contributed by atoms with Gasteiger partial charge in [0.25, 0.3) is 0 Å². The molecule has 2 heterocycles. The van der Waals surface area contributed by atoms with Gasteiger partial charge in [-0.1, -0.05) is 6.07 Å². The molecule has 0 radical (unpaired) electrons. The average molecular weight is 299 g/mol. The largest absolute Gasteiger partial charge is 0.497 e. The molecule has 0 spiro atoms. The summed E-state index contributed by atoms with van der Waals surface area (Å²) in [5.74, 6) is 1.23. The van der Waals surface area contributed by atoms with E-state index in [2.05, 4.69) is 10.3 Å². The molecule has 0 fully saturated rings. The zero-order chi connectivity index (χ0) is 15.5. The van der Waals surface area contributed by atoms with Crippen LogP contribution in [0, 0.1) is 0 Å². The number of pyridine rings is 1. The lowest BCUT2D eigenvalue weighted by molar-refractivity contribution is 0.212.